The van der Waals surface area contributed by atoms with Crippen molar-refractivity contribution in [2.75, 3.05) is 44.2 Å². The number of aromatic nitrogens is 1. The molecule has 0 aromatic carbocycles. The molecule has 0 spiro atoms. The number of hydrogen-bond acceptors (Lipinski definition) is 7. The van der Waals surface area contributed by atoms with Gasteiger partial charge in [-0.25, -0.2) is 4.79 Å². The van der Waals surface area contributed by atoms with Crippen LogP contribution in [-0.4, -0.2) is 72.0 Å². The molecule has 1 saturated carbocycles. The highest BCUT2D eigenvalue weighted by molar-refractivity contribution is 5.80. The highest BCUT2D eigenvalue weighted by atomic mass is 16.4. The van der Waals surface area contributed by atoms with Crippen LogP contribution in [0.4, 0.5) is 10.7 Å². The monoisotopic (exact) mass is 480 g/mol. The van der Waals surface area contributed by atoms with E-state index in [0.717, 1.165) is 12.8 Å². The molecular formula is C25H32N6O4. The van der Waals surface area contributed by atoms with Gasteiger partial charge in [-0.1, -0.05) is 19.3 Å². The van der Waals surface area contributed by atoms with Crippen molar-refractivity contribution >= 4 is 17.8 Å². The molecule has 186 valence electrons. The largest absolute Gasteiger partial charge is 0.459 e. The van der Waals surface area contributed by atoms with Crippen LogP contribution in [0.1, 0.15) is 50.6 Å². The Bertz CT molecular complexity index is 1050. The smallest absolute Gasteiger partial charge is 0.317 e. The van der Waals surface area contributed by atoms with E-state index in [0.29, 0.717) is 69.8 Å². The Balaban J connectivity index is 1.11. The molecule has 3 aliphatic rings. The number of piperazine rings is 1. The van der Waals surface area contributed by atoms with Crippen LogP contribution >= 0.6 is 0 Å². The van der Waals surface area contributed by atoms with E-state index in [4.69, 9.17) is 8.83 Å². The molecule has 2 saturated heterocycles. The summed E-state index contributed by atoms with van der Waals surface area (Å²) in [6.45, 7) is 3.52. The van der Waals surface area contributed by atoms with Crippen LogP contribution in [0, 0.1) is 17.2 Å². The number of nitriles is 1. The zero-order chi connectivity index (χ0) is 24.2. The maximum Gasteiger partial charge on any atom is 0.317 e. The minimum Gasteiger partial charge on any atom is -0.459 e. The molecule has 10 nitrogen and oxygen atoms in total. The third kappa shape index (κ3) is 5.14. The molecule has 0 bridgehead atoms. The number of nitrogens with one attached hydrogen (secondary N) is 1. The maximum atomic E-state index is 13.2. The molecule has 5 rings (SSSR count). The number of amides is 3. The van der Waals surface area contributed by atoms with Gasteiger partial charge in [0.05, 0.1) is 6.26 Å². The van der Waals surface area contributed by atoms with Crippen LogP contribution in [-0.2, 0) is 4.79 Å². The summed E-state index contributed by atoms with van der Waals surface area (Å²) < 4.78 is 11.2. The Morgan fingerprint density at radius 2 is 1.71 bits per heavy atom. The number of furan rings is 1. The third-order valence-corrected chi connectivity index (χ3v) is 7.39. The number of carbonyl (C=O) groups excluding carboxylic acids is 2. The first kappa shape index (κ1) is 23.3. The number of urea groups is 1. The van der Waals surface area contributed by atoms with Crippen LogP contribution in [0.5, 0.6) is 0 Å². The zero-order valence-electron chi connectivity index (χ0n) is 19.9. The van der Waals surface area contributed by atoms with Crippen molar-refractivity contribution in [3.63, 3.8) is 0 Å². The topological polar surface area (TPSA) is 119 Å². The van der Waals surface area contributed by atoms with Crippen molar-refractivity contribution in [1.82, 2.24) is 20.1 Å². The SMILES string of the molecule is N#Cc1nc(-c2ccco2)oc1N1CCC(C(=O)N2CCN(C(=O)NC3CCCCC3)CC2)CC1. The van der Waals surface area contributed by atoms with Gasteiger partial charge in [-0.15, -0.1) is 0 Å². The van der Waals surface area contributed by atoms with Gasteiger partial charge in [0.2, 0.25) is 17.5 Å². The van der Waals surface area contributed by atoms with E-state index in [1.807, 2.05) is 14.7 Å². The Morgan fingerprint density at radius 1 is 1.00 bits per heavy atom. The zero-order valence-corrected chi connectivity index (χ0v) is 19.9. The quantitative estimate of drug-likeness (QED) is 0.714. The van der Waals surface area contributed by atoms with Crippen molar-refractivity contribution in [2.45, 2.75) is 51.0 Å². The van der Waals surface area contributed by atoms with Gasteiger partial charge in [0.1, 0.15) is 6.07 Å². The van der Waals surface area contributed by atoms with Crippen LogP contribution in [0.3, 0.4) is 0 Å². The van der Waals surface area contributed by atoms with Gasteiger partial charge in [0, 0.05) is 51.2 Å². The number of nitrogens with zero attached hydrogens (tertiary/aromatic N) is 5. The van der Waals surface area contributed by atoms with Crippen molar-refractivity contribution in [2.24, 2.45) is 5.92 Å². The second kappa shape index (κ2) is 10.4. The van der Waals surface area contributed by atoms with Gasteiger partial charge in [-0.2, -0.15) is 10.2 Å². The molecule has 10 heteroatoms. The lowest BCUT2D eigenvalue weighted by atomic mass is 9.95. The van der Waals surface area contributed by atoms with Crippen LogP contribution in [0.2, 0.25) is 0 Å². The minimum atomic E-state index is -0.0631. The van der Waals surface area contributed by atoms with Gasteiger partial charge >= 0.3 is 6.03 Å². The second-order valence-corrected chi connectivity index (χ2v) is 9.62. The van der Waals surface area contributed by atoms with Gasteiger partial charge in [-0.3, -0.25) is 4.79 Å². The number of hydrogen-bond donors (Lipinski definition) is 1. The van der Waals surface area contributed by atoms with Crippen LogP contribution < -0.4 is 10.2 Å². The molecule has 3 amide bonds. The van der Waals surface area contributed by atoms with E-state index in [1.54, 1.807) is 12.1 Å². The average Bonchev–Trinajstić information content (AvgIpc) is 3.59. The van der Waals surface area contributed by atoms with E-state index in [2.05, 4.69) is 16.4 Å². The molecule has 1 N–H and O–H groups in total. The van der Waals surface area contributed by atoms with Crippen molar-refractivity contribution < 1.29 is 18.4 Å². The molecule has 1 aliphatic carbocycles. The predicted molar refractivity (Wildman–Crippen MR) is 127 cm³/mol. The Labute approximate surface area is 204 Å². The third-order valence-electron chi connectivity index (χ3n) is 7.39. The Hall–Kier alpha value is -3.48. The lowest BCUT2D eigenvalue weighted by Gasteiger charge is -2.39. The van der Waals surface area contributed by atoms with Gasteiger partial charge < -0.3 is 28.9 Å². The minimum absolute atomic E-state index is 0.00609. The van der Waals surface area contributed by atoms with E-state index in [1.165, 1.54) is 25.5 Å². The van der Waals surface area contributed by atoms with Gasteiger partial charge in [-0.05, 0) is 37.8 Å². The van der Waals surface area contributed by atoms with Crippen molar-refractivity contribution in [1.29, 1.82) is 5.26 Å². The summed E-state index contributed by atoms with van der Waals surface area (Å²) in [7, 11) is 0. The number of anilines is 1. The molecule has 2 aromatic heterocycles. The lowest BCUT2D eigenvalue weighted by Crippen LogP contribution is -2.56. The summed E-state index contributed by atoms with van der Waals surface area (Å²) in [6.07, 6.45) is 8.66. The van der Waals surface area contributed by atoms with E-state index < -0.39 is 0 Å². The number of piperidine rings is 1. The summed E-state index contributed by atoms with van der Waals surface area (Å²) in [5, 5.41) is 12.7. The first-order valence-corrected chi connectivity index (χ1v) is 12.7. The lowest BCUT2D eigenvalue weighted by molar-refractivity contribution is -0.137. The summed E-state index contributed by atoms with van der Waals surface area (Å²) >= 11 is 0. The molecule has 0 unspecified atom stereocenters. The molecular weight excluding hydrogens is 448 g/mol. The fourth-order valence-electron chi connectivity index (χ4n) is 5.34. The average molecular weight is 481 g/mol. The molecule has 4 heterocycles. The summed E-state index contributed by atoms with van der Waals surface area (Å²) in [5.41, 5.74) is 0.226. The Morgan fingerprint density at radius 3 is 2.37 bits per heavy atom. The summed E-state index contributed by atoms with van der Waals surface area (Å²) in [5.74, 6) is 1.29. The Kier molecular flexibility index (Phi) is 6.93. The molecule has 0 atom stereocenters. The van der Waals surface area contributed by atoms with Gasteiger partial charge in [0.25, 0.3) is 5.89 Å². The maximum absolute atomic E-state index is 13.2. The van der Waals surface area contributed by atoms with E-state index in [-0.39, 0.29) is 29.4 Å². The number of rotatable bonds is 4. The normalized spacial score (nSPS) is 20.0. The standard InChI is InChI=1S/C25H32N6O4/c26-17-20-24(35-22(28-20)21-7-4-16-34-21)30-10-8-18(9-11-30)23(32)29-12-14-31(15-13-29)25(33)27-19-5-2-1-3-6-19/h4,7,16,18-19H,1-3,5-6,8-15H2,(H,27,33). The molecule has 2 aliphatic heterocycles. The van der Waals surface area contributed by atoms with Crippen molar-refractivity contribution in [3.05, 3.63) is 24.1 Å². The fraction of sp³-hybridized carbons (Fsp3) is 0.600. The number of carbonyl (C=O) groups is 2. The highest BCUT2D eigenvalue weighted by Gasteiger charge is 2.33. The van der Waals surface area contributed by atoms with Crippen molar-refractivity contribution in [3.8, 4) is 17.7 Å². The first-order valence-electron chi connectivity index (χ1n) is 12.7. The van der Waals surface area contributed by atoms with E-state index >= 15 is 0 Å². The fourth-order valence-corrected chi connectivity index (χ4v) is 5.34. The van der Waals surface area contributed by atoms with E-state index in [9.17, 15) is 14.9 Å². The summed E-state index contributed by atoms with van der Waals surface area (Å²) in [4.78, 5) is 35.7. The molecule has 35 heavy (non-hydrogen) atoms. The predicted octanol–water partition coefficient (Wildman–Crippen LogP) is 3.21. The molecule has 3 fully saturated rings. The highest BCUT2D eigenvalue weighted by Crippen LogP contribution is 2.31. The molecule has 0 radical (unpaired) electrons. The first-order chi connectivity index (χ1) is 17.1. The second-order valence-electron chi connectivity index (χ2n) is 9.62. The van der Waals surface area contributed by atoms with Gasteiger partial charge in [0.15, 0.2) is 5.76 Å². The summed E-state index contributed by atoms with van der Waals surface area (Å²) in [6, 6.07) is 5.88. The number of oxazole rings is 1. The molecule has 2 aromatic rings. The van der Waals surface area contributed by atoms with Crippen LogP contribution in [0.25, 0.3) is 11.7 Å². The van der Waals surface area contributed by atoms with Crippen LogP contribution in [0.15, 0.2) is 27.2 Å².